The molecule has 8 heteroatoms. The highest BCUT2D eigenvalue weighted by molar-refractivity contribution is 7.92. The fourth-order valence-electron chi connectivity index (χ4n) is 1.63. The second-order valence-electron chi connectivity index (χ2n) is 4.08. The molecule has 0 fully saturated rings. The van der Waals surface area contributed by atoms with Crippen molar-refractivity contribution < 1.29 is 12.8 Å². The van der Waals surface area contributed by atoms with Crippen LogP contribution in [0.25, 0.3) is 0 Å². The van der Waals surface area contributed by atoms with Crippen molar-refractivity contribution in [3.63, 3.8) is 0 Å². The van der Waals surface area contributed by atoms with E-state index in [0.717, 1.165) is 0 Å². The SMILES string of the molecule is Cc1c(F)cc(CN)cc1S(=O)(=O)Nc1ncccn1. The van der Waals surface area contributed by atoms with E-state index in [1.54, 1.807) is 6.07 Å². The average molecular weight is 296 g/mol. The van der Waals surface area contributed by atoms with Gasteiger partial charge in [0.15, 0.2) is 0 Å². The molecule has 0 amide bonds. The van der Waals surface area contributed by atoms with E-state index in [-0.39, 0.29) is 23.0 Å². The average Bonchev–Trinajstić information content (AvgIpc) is 2.42. The summed E-state index contributed by atoms with van der Waals surface area (Å²) in [6, 6.07) is 4.11. The maximum absolute atomic E-state index is 13.7. The topological polar surface area (TPSA) is 98.0 Å². The fourth-order valence-corrected chi connectivity index (χ4v) is 2.89. The standard InChI is InChI=1S/C12H13FN4O2S/c1-8-10(13)5-9(7-14)6-11(8)20(18,19)17-12-15-3-2-4-16-12/h2-6H,7,14H2,1H3,(H,15,16,17). The van der Waals surface area contributed by atoms with Gasteiger partial charge in [0.1, 0.15) is 5.82 Å². The van der Waals surface area contributed by atoms with Crippen LogP contribution in [0.4, 0.5) is 10.3 Å². The van der Waals surface area contributed by atoms with Crippen LogP contribution in [-0.4, -0.2) is 18.4 Å². The smallest absolute Gasteiger partial charge is 0.264 e. The maximum Gasteiger partial charge on any atom is 0.264 e. The number of anilines is 1. The Balaban J connectivity index is 2.47. The van der Waals surface area contributed by atoms with Gasteiger partial charge in [-0.05, 0) is 30.7 Å². The van der Waals surface area contributed by atoms with Crippen molar-refractivity contribution in [1.82, 2.24) is 9.97 Å². The molecule has 0 radical (unpaired) electrons. The molecule has 0 atom stereocenters. The molecule has 106 valence electrons. The number of aromatic nitrogens is 2. The van der Waals surface area contributed by atoms with Crippen molar-refractivity contribution in [1.29, 1.82) is 0 Å². The number of nitrogens with two attached hydrogens (primary N) is 1. The van der Waals surface area contributed by atoms with Crippen molar-refractivity contribution in [2.24, 2.45) is 5.73 Å². The Hall–Kier alpha value is -2.06. The molecular formula is C12H13FN4O2S. The van der Waals surface area contributed by atoms with E-state index >= 15 is 0 Å². The molecule has 3 N–H and O–H groups in total. The summed E-state index contributed by atoms with van der Waals surface area (Å²) in [6.07, 6.45) is 2.79. The molecule has 0 aliphatic heterocycles. The highest BCUT2D eigenvalue weighted by Gasteiger charge is 2.21. The number of benzene rings is 1. The van der Waals surface area contributed by atoms with Gasteiger partial charge in [-0.15, -0.1) is 0 Å². The summed E-state index contributed by atoms with van der Waals surface area (Å²) in [4.78, 5) is 7.35. The van der Waals surface area contributed by atoms with Crippen molar-refractivity contribution in [2.45, 2.75) is 18.4 Å². The quantitative estimate of drug-likeness (QED) is 0.883. The molecule has 0 aliphatic rings. The number of hydrogen-bond donors (Lipinski definition) is 2. The molecule has 0 unspecified atom stereocenters. The predicted molar refractivity (Wildman–Crippen MR) is 71.9 cm³/mol. The minimum atomic E-state index is -3.97. The third-order valence-electron chi connectivity index (χ3n) is 2.67. The van der Waals surface area contributed by atoms with Crippen LogP contribution in [0, 0.1) is 12.7 Å². The van der Waals surface area contributed by atoms with Gasteiger partial charge in [-0.1, -0.05) is 0 Å². The molecule has 0 aliphatic carbocycles. The molecule has 1 aromatic carbocycles. The molecule has 2 rings (SSSR count). The lowest BCUT2D eigenvalue weighted by Crippen LogP contribution is -2.17. The van der Waals surface area contributed by atoms with Crippen molar-refractivity contribution in [2.75, 3.05) is 4.72 Å². The largest absolute Gasteiger partial charge is 0.326 e. The van der Waals surface area contributed by atoms with E-state index in [1.165, 1.54) is 31.5 Å². The lowest BCUT2D eigenvalue weighted by atomic mass is 10.1. The number of rotatable bonds is 4. The molecule has 1 heterocycles. The number of sulfonamides is 1. The molecule has 0 spiro atoms. The second kappa shape index (κ2) is 5.51. The van der Waals surface area contributed by atoms with E-state index in [4.69, 9.17) is 5.73 Å². The Morgan fingerprint density at radius 2 is 1.95 bits per heavy atom. The van der Waals surface area contributed by atoms with Gasteiger partial charge in [0.25, 0.3) is 10.0 Å². The van der Waals surface area contributed by atoms with E-state index in [0.29, 0.717) is 5.56 Å². The van der Waals surface area contributed by atoms with Crippen molar-refractivity contribution in [3.8, 4) is 0 Å². The number of halogens is 1. The zero-order valence-electron chi connectivity index (χ0n) is 10.7. The molecule has 0 saturated heterocycles. The number of nitrogens with one attached hydrogen (secondary N) is 1. The summed E-state index contributed by atoms with van der Waals surface area (Å²) in [5, 5.41) is 0. The van der Waals surface area contributed by atoms with Crippen LogP contribution < -0.4 is 10.5 Å². The van der Waals surface area contributed by atoms with Crippen LogP contribution >= 0.6 is 0 Å². The molecular weight excluding hydrogens is 283 g/mol. The van der Waals surface area contributed by atoms with Gasteiger partial charge in [0.2, 0.25) is 5.95 Å². The van der Waals surface area contributed by atoms with Crippen LogP contribution in [0.5, 0.6) is 0 Å². The lowest BCUT2D eigenvalue weighted by molar-refractivity contribution is 0.589. The van der Waals surface area contributed by atoms with Crippen molar-refractivity contribution >= 4 is 16.0 Å². The van der Waals surface area contributed by atoms with Crippen LogP contribution in [-0.2, 0) is 16.6 Å². The first-order valence-electron chi connectivity index (χ1n) is 5.73. The first-order valence-corrected chi connectivity index (χ1v) is 7.21. The van der Waals surface area contributed by atoms with Crippen LogP contribution in [0.1, 0.15) is 11.1 Å². The summed E-state index contributed by atoms with van der Waals surface area (Å²) < 4.78 is 40.4. The second-order valence-corrected chi connectivity index (χ2v) is 5.73. The fraction of sp³-hybridized carbons (Fsp3) is 0.167. The van der Waals surface area contributed by atoms with E-state index in [9.17, 15) is 12.8 Å². The zero-order chi connectivity index (χ0) is 14.8. The summed E-state index contributed by atoms with van der Waals surface area (Å²) in [5.41, 5.74) is 5.84. The molecule has 0 bridgehead atoms. The van der Waals surface area contributed by atoms with Crippen LogP contribution in [0.3, 0.4) is 0 Å². The lowest BCUT2D eigenvalue weighted by Gasteiger charge is -2.11. The first-order chi connectivity index (χ1) is 9.44. The van der Waals surface area contributed by atoms with E-state index in [1.807, 2.05) is 0 Å². The highest BCUT2D eigenvalue weighted by atomic mass is 32.2. The van der Waals surface area contributed by atoms with Gasteiger partial charge in [0, 0.05) is 24.5 Å². The Bertz CT molecular complexity index is 720. The monoisotopic (exact) mass is 296 g/mol. The summed E-state index contributed by atoms with van der Waals surface area (Å²) in [7, 11) is -3.97. The van der Waals surface area contributed by atoms with E-state index < -0.39 is 15.8 Å². The van der Waals surface area contributed by atoms with Gasteiger partial charge < -0.3 is 5.73 Å². The van der Waals surface area contributed by atoms with Gasteiger partial charge in [-0.3, -0.25) is 0 Å². The van der Waals surface area contributed by atoms with E-state index in [2.05, 4.69) is 14.7 Å². The molecule has 2 aromatic rings. The molecule has 1 aromatic heterocycles. The third kappa shape index (κ3) is 2.91. The third-order valence-corrected chi connectivity index (χ3v) is 4.13. The normalized spacial score (nSPS) is 11.3. The number of hydrogen-bond acceptors (Lipinski definition) is 5. The Labute approximate surface area is 115 Å². The zero-order valence-corrected chi connectivity index (χ0v) is 11.5. The summed E-state index contributed by atoms with van der Waals surface area (Å²) >= 11 is 0. The highest BCUT2D eigenvalue weighted by Crippen LogP contribution is 2.22. The minimum absolute atomic E-state index is 0.0191. The minimum Gasteiger partial charge on any atom is -0.326 e. The van der Waals surface area contributed by atoms with Crippen LogP contribution in [0.15, 0.2) is 35.5 Å². The Morgan fingerprint density at radius 1 is 1.30 bits per heavy atom. The van der Waals surface area contributed by atoms with Gasteiger partial charge in [0.05, 0.1) is 4.90 Å². The maximum atomic E-state index is 13.7. The predicted octanol–water partition coefficient (Wildman–Crippen LogP) is 1.18. The summed E-state index contributed by atoms with van der Waals surface area (Å²) in [6.45, 7) is 1.43. The Morgan fingerprint density at radius 3 is 2.55 bits per heavy atom. The summed E-state index contributed by atoms with van der Waals surface area (Å²) in [5.74, 6) is -0.701. The van der Waals surface area contributed by atoms with Crippen molar-refractivity contribution in [3.05, 3.63) is 47.5 Å². The molecule has 20 heavy (non-hydrogen) atoms. The van der Waals surface area contributed by atoms with Gasteiger partial charge >= 0.3 is 0 Å². The number of nitrogens with zero attached hydrogens (tertiary/aromatic N) is 2. The Kier molecular flexibility index (Phi) is 3.96. The van der Waals surface area contributed by atoms with Gasteiger partial charge in [-0.2, -0.15) is 0 Å². The van der Waals surface area contributed by atoms with Crippen LogP contribution in [0.2, 0.25) is 0 Å². The molecule has 6 nitrogen and oxygen atoms in total. The first kappa shape index (κ1) is 14.4. The van der Waals surface area contributed by atoms with Gasteiger partial charge in [-0.25, -0.2) is 27.5 Å². The molecule has 0 saturated carbocycles.